The van der Waals surface area contributed by atoms with Crippen LogP contribution < -0.4 is 5.56 Å². The first-order valence-corrected chi connectivity index (χ1v) is 5.33. The first-order chi connectivity index (χ1) is 7.08. The summed E-state index contributed by atoms with van der Waals surface area (Å²) in [6, 6.07) is 1.30. The van der Waals surface area contributed by atoms with Gasteiger partial charge in [-0.15, -0.1) is 0 Å². The summed E-state index contributed by atoms with van der Waals surface area (Å²) in [6.07, 6.45) is 0.647. The van der Waals surface area contributed by atoms with Crippen molar-refractivity contribution in [2.45, 2.75) is 26.8 Å². The molecule has 1 unspecified atom stereocenters. The maximum atomic E-state index is 11.6. The van der Waals surface area contributed by atoms with E-state index in [4.69, 9.17) is 16.7 Å². The molecule has 1 rings (SSSR count). The van der Waals surface area contributed by atoms with Crippen molar-refractivity contribution in [2.24, 2.45) is 5.92 Å². The third kappa shape index (κ3) is 3.04. The van der Waals surface area contributed by atoms with Gasteiger partial charge in [0.15, 0.2) is 0 Å². The minimum Gasteiger partial charge on any atom is -0.396 e. The van der Waals surface area contributed by atoms with Crippen molar-refractivity contribution in [3.05, 3.63) is 27.4 Å². The van der Waals surface area contributed by atoms with Crippen molar-refractivity contribution in [1.29, 1.82) is 0 Å². The molecule has 0 fully saturated rings. The normalized spacial score (nSPS) is 12.8. The van der Waals surface area contributed by atoms with Gasteiger partial charge in [-0.05, 0) is 5.92 Å². The Labute approximate surface area is 93.5 Å². The third-order valence-electron chi connectivity index (χ3n) is 2.18. The van der Waals surface area contributed by atoms with Crippen molar-refractivity contribution >= 4 is 11.6 Å². The Kier molecular flexibility index (Phi) is 4.29. The molecule has 1 aromatic rings. The van der Waals surface area contributed by atoms with Crippen molar-refractivity contribution < 1.29 is 5.11 Å². The molecule has 1 aromatic heterocycles. The molecular weight excluding hydrogens is 216 g/mol. The van der Waals surface area contributed by atoms with Gasteiger partial charge in [0.05, 0.1) is 0 Å². The molecule has 0 saturated heterocycles. The number of halogens is 1. The van der Waals surface area contributed by atoms with Crippen LogP contribution in [-0.2, 0) is 13.0 Å². The molecule has 0 bridgehead atoms. The zero-order valence-corrected chi connectivity index (χ0v) is 9.66. The topological polar surface area (TPSA) is 55.1 Å². The number of hydrogen-bond donors (Lipinski definition) is 1. The lowest BCUT2D eigenvalue weighted by molar-refractivity contribution is 0.220. The number of rotatable bonds is 4. The number of hydrogen-bond acceptors (Lipinski definition) is 3. The van der Waals surface area contributed by atoms with Gasteiger partial charge in [0.25, 0.3) is 5.56 Å². The van der Waals surface area contributed by atoms with Crippen molar-refractivity contribution in [3.8, 4) is 0 Å². The highest BCUT2D eigenvalue weighted by Gasteiger charge is 2.09. The van der Waals surface area contributed by atoms with Gasteiger partial charge in [-0.25, -0.2) is 4.98 Å². The lowest BCUT2D eigenvalue weighted by Gasteiger charge is -2.14. The average Bonchev–Trinajstić information content (AvgIpc) is 2.21. The van der Waals surface area contributed by atoms with Crippen LogP contribution in [0.4, 0.5) is 0 Å². The van der Waals surface area contributed by atoms with Crippen LogP contribution in [0.1, 0.15) is 19.7 Å². The van der Waals surface area contributed by atoms with E-state index in [0.717, 1.165) is 0 Å². The molecule has 1 heterocycles. The zero-order valence-electron chi connectivity index (χ0n) is 8.90. The Hall–Kier alpha value is -0.870. The molecule has 84 valence electrons. The molecule has 0 saturated carbocycles. The van der Waals surface area contributed by atoms with E-state index in [1.807, 2.05) is 13.8 Å². The monoisotopic (exact) mass is 230 g/mol. The fourth-order valence-electron chi connectivity index (χ4n) is 1.36. The van der Waals surface area contributed by atoms with Crippen LogP contribution in [0.3, 0.4) is 0 Å². The molecule has 0 amide bonds. The first kappa shape index (κ1) is 12.2. The van der Waals surface area contributed by atoms with Crippen LogP contribution in [0.25, 0.3) is 0 Å². The summed E-state index contributed by atoms with van der Waals surface area (Å²) in [5, 5.41) is 9.17. The van der Waals surface area contributed by atoms with Crippen molar-refractivity contribution in [3.63, 3.8) is 0 Å². The highest BCUT2D eigenvalue weighted by molar-refractivity contribution is 6.29. The predicted octanol–water partition coefficient (Wildman–Crippen LogP) is 1.09. The SMILES string of the molecule is CCc1nc(Cl)cc(=O)n1CC(C)CO. The lowest BCUT2D eigenvalue weighted by Crippen LogP contribution is -2.27. The largest absolute Gasteiger partial charge is 0.396 e. The summed E-state index contributed by atoms with van der Waals surface area (Å²) in [5.74, 6) is 0.698. The van der Waals surface area contributed by atoms with Crippen LogP contribution in [-0.4, -0.2) is 21.3 Å². The second-order valence-electron chi connectivity index (χ2n) is 3.59. The predicted molar refractivity (Wildman–Crippen MR) is 59.1 cm³/mol. The van der Waals surface area contributed by atoms with Crippen LogP contribution in [0.5, 0.6) is 0 Å². The highest BCUT2D eigenvalue weighted by atomic mass is 35.5. The molecule has 0 aliphatic rings. The number of aliphatic hydroxyl groups excluding tert-OH is 1. The van der Waals surface area contributed by atoms with E-state index in [-0.39, 0.29) is 23.2 Å². The van der Waals surface area contributed by atoms with Gasteiger partial charge in [0.1, 0.15) is 11.0 Å². The molecule has 0 radical (unpaired) electrons. The van der Waals surface area contributed by atoms with Crippen LogP contribution in [0.15, 0.2) is 10.9 Å². The van der Waals surface area contributed by atoms with Crippen LogP contribution in [0, 0.1) is 5.92 Å². The Balaban J connectivity index is 3.10. The van der Waals surface area contributed by atoms with E-state index in [1.54, 1.807) is 4.57 Å². The van der Waals surface area contributed by atoms with E-state index in [1.165, 1.54) is 6.07 Å². The van der Waals surface area contributed by atoms with Crippen LogP contribution in [0.2, 0.25) is 5.15 Å². The van der Waals surface area contributed by atoms with E-state index in [2.05, 4.69) is 4.98 Å². The number of nitrogens with zero attached hydrogens (tertiary/aromatic N) is 2. The van der Waals surface area contributed by atoms with E-state index in [9.17, 15) is 4.79 Å². The summed E-state index contributed by atoms with van der Waals surface area (Å²) in [6.45, 7) is 4.32. The maximum Gasteiger partial charge on any atom is 0.254 e. The second kappa shape index (κ2) is 5.28. The summed E-state index contributed by atoms with van der Waals surface area (Å²) in [7, 11) is 0. The molecule has 1 atom stereocenters. The summed E-state index contributed by atoms with van der Waals surface area (Å²) >= 11 is 5.70. The average molecular weight is 231 g/mol. The number of aromatic nitrogens is 2. The van der Waals surface area contributed by atoms with Gasteiger partial charge in [-0.2, -0.15) is 0 Å². The molecule has 1 N–H and O–H groups in total. The number of aryl methyl sites for hydroxylation is 1. The Morgan fingerprint density at radius 2 is 2.33 bits per heavy atom. The maximum absolute atomic E-state index is 11.6. The van der Waals surface area contributed by atoms with Crippen LogP contribution >= 0.6 is 11.6 Å². The van der Waals surface area contributed by atoms with Gasteiger partial charge in [0.2, 0.25) is 0 Å². The highest BCUT2D eigenvalue weighted by Crippen LogP contribution is 2.05. The van der Waals surface area contributed by atoms with Crippen molar-refractivity contribution in [1.82, 2.24) is 9.55 Å². The van der Waals surface area contributed by atoms with E-state index >= 15 is 0 Å². The van der Waals surface area contributed by atoms with Gasteiger partial charge in [-0.3, -0.25) is 9.36 Å². The van der Waals surface area contributed by atoms with Gasteiger partial charge in [-0.1, -0.05) is 25.4 Å². The molecule has 0 aliphatic heterocycles. The molecule has 0 aromatic carbocycles. The molecular formula is C10H15ClN2O2. The fourth-order valence-corrected chi connectivity index (χ4v) is 1.55. The second-order valence-corrected chi connectivity index (χ2v) is 3.97. The van der Waals surface area contributed by atoms with Crippen molar-refractivity contribution in [2.75, 3.05) is 6.61 Å². The van der Waals surface area contributed by atoms with E-state index < -0.39 is 0 Å². The lowest BCUT2D eigenvalue weighted by atomic mass is 10.2. The molecule has 0 aliphatic carbocycles. The fraction of sp³-hybridized carbons (Fsp3) is 0.600. The first-order valence-electron chi connectivity index (χ1n) is 4.95. The van der Waals surface area contributed by atoms with Gasteiger partial charge in [0, 0.05) is 25.6 Å². The minimum absolute atomic E-state index is 0.0379. The molecule has 15 heavy (non-hydrogen) atoms. The van der Waals surface area contributed by atoms with Gasteiger partial charge < -0.3 is 5.11 Å². The minimum atomic E-state index is -0.160. The summed E-state index contributed by atoms with van der Waals surface area (Å²) in [5.41, 5.74) is -0.160. The van der Waals surface area contributed by atoms with E-state index in [0.29, 0.717) is 18.8 Å². The zero-order chi connectivity index (χ0) is 11.4. The third-order valence-corrected chi connectivity index (χ3v) is 2.37. The summed E-state index contributed by atoms with van der Waals surface area (Å²) < 4.78 is 1.56. The Morgan fingerprint density at radius 3 is 2.87 bits per heavy atom. The van der Waals surface area contributed by atoms with Gasteiger partial charge >= 0.3 is 0 Å². The molecule has 4 nitrogen and oxygen atoms in total. The number of aliphatic hydroxyl groups is 1. The standard InChI is InChI=1S/C10H15ClN2O2/c1-3-9-12-8(11)4-10(15)13(9)5-7(2)6-14/h4,7,14H,3,5-6H2,1-2H3. The quantitative estimate of drug-likeness (QED) is 0.788. The molecule has 5 heteroatoms. The molecule has 0 spiro atoms. The Bertz CT molecular complexity index is 389. The Morgan fingerprint density at radius 1 is 1.67 bits per heavy atom. The summed E-state index contributed by atoms with van der Waals surface area (Å²) in [4.78, 5) is 15.7. The smallest absolute Gasteiger partial charge is 0.254 e.